The van der Waals surface area contributed by atoms with E-state index in [1.165, 1.54) is 7.11 Å². The molecule has 0 aliphatic rings. The number of nitro benzene ring substituents is 2. The van der Waals surface area contributed by atoms with Gasteiger partial charge in [0.2, 0.25) is 0 Å². The van der Waals surface area contributed by atoms with Gasteiger partial charge in [0.25, 0.3) is 5.69 Å². The van der Waals surface area contributed by atoms with Gasteiger partial charge in [-0.15, -0.1) is 10.2 Å². The molecule has 0 bridgehead atoms. The van der Waals surface area contributed by atoms with E-state index in [0.29, 0.717) is 11.4 Å². The number of aryl methyl sites for hydroxylation is 1. The van der Waals surface area contributed by atoms with Gasteiger partial charge in [-0.05, 0) is 32.4 Å². The van der Waals surface area contributed by atoms with Crippen LogP contribution in [0.15, 0.2) is 34.5 Å². The maximum absolute atomic E-state index is 11.3. The number of hydrogen-bond donors (Lipinski definition) is 0. The van der Waals surface area contributed by atoms with Gasteiger partial charge < -0.3 is 9.64 Å². The summed E-state index contributed by atoms with van der Waals surface area (Å²) in [6.45, 7) is 7.61. The Kier molecular flexibility index (Phi) is 7.05. The van der Waals surface area contributed by atoms with E-state index in [0.717, 1.165) is 36.5 Å². The average molecular weight is 422 g/mol. The third kappa shape index (κ3) is 4.77. The Balaban J connectivity index is 2.55. The Bertz CT molecular complexity index is 976. The van der Waals surface area contributed by atoms with Crippen molar-refractivity contribution in [2.24, 2.45) is 10.2 Å². The van der Waals surface area contributed by atoms with E-state index in [2.05, 4.69) is 15.1 Å². The highest BCUT2D eigenvalue weighted by Crippen LogP contribution is 2.41. The van der Waals surface area contributed by atoms with E-state index in [1.807, 2.05) is 26.8 Å². The summed E-state index contributed by atoms with van der Waals surface area (Å²) in [6.07, 6.45) is 0. The van der Waals surface area contributed by atoms with Gasteiger partial charge in [0.15, 0.2) is 5.69 Å². The van der Waals surface area contributed by atoms with Crippen LogP contribution in [0.25, 0.3) is 0 Å². The average Bonchev–Trinajstić information content (AvgIpc) is 2.68. The van der Waals surface area contributed by atoms with Gasteiger partial charge in [0.1, 0.15) is 11.4 Å². The third-order valence-electron chi connectivity index (χ3n) is 4.29. The van der Waals surface area contributed by atoms with Crippen LogP contribution in [0.2, 0.25) is 5.02 Å². The second kappa shape index (κ2) is 9.28. The van der Waals surface area contributed by atoms with Crippen LogP contribution in [0, 0.1) is 27.2 Å². The normalized spacial score (nSPS) is 10.9. The molecule has 0 heterocycles. The molecule has 154 valence electrons. The molecule has 11 heteroatoms. The zero-order valence-corrected chi connectivity index (χ0v) is 17.1. The Morgan fingerprint density at radius 1 is 1.07 bits per heavy atom. The van der Waals surface area contributed by atoms with Crippen molar-refractivity contribution in [1.29, 1.82) is 0 Å². The lowest BCUT2D eigenvalue weighted by atomic mass is 10.1. The number of methoxy groups -OCH3 is 1. The fourth-order valence-electron chi connectivity index (χ4n) is 2.83. The molecule has 29 heavy (non-hydrogen) atoms. The summed E-state index contributed by atoms with van der Waals surface area (Å²) in [7, 11) is 1.48. The van der Waals surface area contributed by atoms with Crippen molar-refractivity contribution in [2.75, 3.05) is 25.1 Å². The molecule has 0 radical (unpaired) electrons. The topological polar surface area (TPSA) is 123 Å². The molecule has 2 aromatic rings. The summed E-state index contributed by atoms with van der Waals surface area (Å²) in [5.41, 5.74) is 0.873. The molecule has 0 aromatic heterocycles. The van der Waals surface area contributed by atoms with Gasteiger partial charge >= 0.3 is 5.69 Å². The van der Waals surface area contributed by atoms with Crippen LogP contribution in [0.1, 0.15) is 19.4 Å². The largest absolute Gasteiger partial charge is 0.494 e. The zero-order chi connectivity index (χ0) is 21.7. The minimum atomic E-state index is -0.792. The lowest BCUT2D eigenvalue weighted by Gasteiger charge is -2.24. The summed E-state index contributed by atoms with van der Waals surface area (Å²) in [6, 6.07) is 5.37. The van der Waals surface area contributed by atoms with Crippen LogP contribution in [0.4, 0.5) is 28.4 Å². The van der Waals surface area contributed by atoms with Crippen molar-refractivity contribution in [3.05, 3.63) is 55.1 Å². The predicted octanol–water partition coefficient (Wildman–Crippen LogP) is 5.74. The van der Waals surface area contributed by atoms with Gasteiger partial charge in [-0.3, -0.25) is 20.2 Å². The molecule has 0 amide bonds. The summed E-state index contributed by atoms with van der Waals surface area (Å²) in [5, 5.41) is 30.0. The highest BCUT2D eigenvalue weighted by atomic mass is 35.5. The second-order valence-electron chi connectivity index (χ2n) is 5.99. The number of azo groups is 1. The Hall–Kier alpha value is -3.27. The third-order valence-corrected chi connectivity index (χ3v) is 4.58. The second-order valence-corrected chi connectivity index (χ2v) is 6.40. The van der Waals surface area contributed by atoms with Crippen LogP contribution in [0.5, 0.6) is 5.75 Å². The molecule has 0 saturated heterocycles. The molecule has 0 atom stereocenters. The number of hydrogen-bond acceptors (Lipinski definition) is 8. The first-order valence-corrected chi connectivity index (χ1v) is 9.08. The highest BCUT2D eigenvalue weighted by Gasteiger charge is 2.24. The van der Waals surface area contributed by atoms with Crippen LogP contribution in [0.3, 0.4) is 0 Å². The molecular weight excluding hydrogens is 402 g/mol. The minimum absolute atomic E-state index is 0.245. The Morgan fingerprint density at radius 3 is 2.24 bits per heavy atom. The molecule has 0 N–H and O–H groups in total. The number of nitrogens with zero attached hydrogens (tertiary/aromatic N) is 5. The quantitative estimate of drug-likeness (QED) is 0.304. The highest BCUT2D eigenvalue weighted by molar-refractivity contribution is 6.33. The SMILES string of the molecule is CCN(CC)c1cc(OC)c(N=Nc2c(Cl)cc([N+](=O)[O-])cc2[N+](=O)[O-])cc1C. The van der Waals surface area contributed by atoms with Crippen molar-refractivity contribution in [2.45, 2.75) is 20.8 Å². The summed E-state index contributed by atoms with van der Waals surface area (Å²) in [4.78, 5) is 22.8. The first kappa shape index (κ1) is 22.0. The summed E-state index contributed by atoms with van der Waals surface area (Å²) < 4.78 is 5.39. The maximum Gasteiger partial charge on any atom is 0.305 e. The standard InChI is InChI=1S/C18H20ClN5O5/c1-5-22(6-2)15-10-17(29-4)14(7-11(15)3)20-21-18-13(19)8-12(23(25)26)9-16(18)24(27)28/h7-10H,5-6H2,1-4H3. The zero-order valence-electron chi connectivity index (χ0n) is 16.4. The van der Waals surface area contributed by atoms with Crippen LogP contribution >= 0.6 is 11.6 Å². The number of halogens is 1. The summed E-state index contributed by atoms with van der Waals surface area (Å²) in [5.74, 6) is 0.432. The number of non-ortho nitro benzene ring substituents is 1. The van der Waals surface area contributed by atoms with Crippen molar-refractivity contribution >= 4 is 40.0 Å². The van der Waals surface area contributed by atoms with E-state index in [1.54, 1.807) is 6.07 Å². The van der Waals surface area contributed by atoms with E-state index in [9.17, 15) is 20.2 Å². The van der Waals surface area contributed by atoms with Crippen molar-refractivity contribution < 1.29 is 14.6 Å². The van der Waals surface area contributed by atoms with E-state index in [-0.39, 0.29) is 10.7 Å². The van der Waals surface area contributed by atoms with Crippen molar-refractivity contribution in [1.82, 2.24) is 0 Å². The van der Waals surface area contributed by atoms with Crippen molar-refractivity contribution in [3.8, 4) is 5.75 Å². The smallest absolute Gasteiger partial charge is 0.305 e. The number of benzene rings is 2. The molecule has 0 spiro atoms. The Morgan fingerprint density at radius 2 is 1.72 bits per heavy atom. The van der Waals surface area contributed by atoms with Crippen LogP contribution in [-0.2, 0) is 0 Å². The molecule has 0 aliphatic carbocycles. The molecule has 10 nitrogen and oxygen atoms in total. The molecule has 2 rings (SSSR count). The monoisotopic (exact) mass is 421 g/mol. The lowest BCUT2D eigenvalue weighted by molar-refractivity contribution is -0.393. The number of rotatable bonds is 8. The molecular formula is C18H20ClN5O5. The van der Waals surface area contributed by atoms with Crippen LogP contribution < -0.4 is 9.64 Å². The maximum atomic E-state index is 11.3. The molecule has 0 aliphatic heterocycles. The molecule has 0 saturated carbocycles. The van der Waals surface area contributed by atoms with E-state index in [4.69, 9.17) is 16.3 Å². The molecule has 0 unspecified atom stereocenters. The van der Waals surface area contributed by atoms with Gasteiger partial charge in [0, 0.05) is 30.9 Å². The van der Waals surface area contributed by atoms with Crippen LogP contribution in [-0.4, -0.2) is 30.0 Å². The molecule has 2 aromatic carbocycles. The van der Waals surface area contributed by atoms with Gasteiger partial charge in [0.05, 0.1) is 28.0 Å². The minimum Gasteiger partial charge on any atom is -0.494 e. The Labute approximate surface area is 172 Å². The predicted molar refractivity (Wildman–Crippen MR) is 110 cm³/mol. The number of nitro groups is 2. The lowest BCUT2D eigenvalue weighted by Crippen LogP contribution is -2.22. The van der Waals surface area contributed by atoms with Gasteiger partial charge in [-0.1, -0.05) is 11.6 Å². The van der Waals surface area contributed by atoms with Crippen molar-refractivity contribution in [3.63, 3.8) is 0 Å². The van der Waals surface area contributed by atoms with E-state index < -0.39 is 21.2 Å². The number of anilines is 1. The number of ether oxygens (including phenoxy) is 1. The van der Waals surface area contributed by atoms with Gasteiger partial charge in [-0.25, -0.2) is 0 Å². The van der Waals surface area contributed by atoms with Gasteiger partial charge in [-0.2, -0.15) is 0 Å². The fourth-order valence-corrected chi connectivity index (χ4v) is 3.07. The summed E-state index contributed by atoms with van der Waals surface area (Å²) >= 11 is 6.00. The van der Waals surface area contributed by atoms with E-state index >= 15 is 0 Å². The first-order chi connectivity index (χ1) is 13.7. The fraction of sp³-hybridized carbons (Fsp3) is 0.333. The molecule has 0 fully saturated rings. The first-order valence-electron chi connectivity index (χ1n) is 8.71.